The highest BCUT2D eigenvalue weighted by atomic mass is 15.1. The van der Waals surface area contributed by atoms with Crippen LogP contribution < -0.4 is 5.73 Å². The first kappa shape index (κ1) is 12.8. The molecule has 0 aliphatic heterocycles. The van der Waals surface area contributed by atoms with E-state index >= 15 is 0 Å². The van der Waals surface area contributed by atoms with Crippen molar-refractivity contribution < 1.29 is 0 Å². The standard InChI is InChI=1S/C15H21N3/c1-3-4-5-13-6-8-14(9-7-13)18-11-17-10-15(18)12(2)16/h6-12H,3-5,16H2,1-2H3/t12-/m1/s1. The number of rotatable bonds is 5. The van der Waals surface area contributed by atoms with Crippen molar-refractivity contribution in [2.24, 2.45) is 5.73 Å². The first-order valence-electron chi connectivity index (χ1n) is 6.59. The second-order valence-electron chi connectivity index (χ2n) is 4.75. The topological polar surface area (TPSA) is 43.8 Å². The van der Waals surface area contributed by atoms with Crippen molar-refractivity contribution in [3.05, 3.63) is 48.0 Å². The predicted molar refractivity (Wildman–Crippen MR) is 74.8 cm³/mol. The summed E-state index contributed by atoms with van der Waals surface area (Å²) in [5, 5.41) is 0. The van der Waals surface area contributed by atoms with Crippen molar-refractivity contribution in [2.45, 2.75) is 39.2 Å². The fourth-order valence-electron chi connectivity index (χ4n) is 2.06. The van der Waals surface area contributed by atoms with Gasteiger partial charge < -0.3 is 10.3 Å². The Bertz CT molecular complexity index is 483. The van der Waals surface area contributed by atoms with Crippen molar-refractivity contribution >= 4 is 0 Å². The molecule has 0 bridgehead atoms. The molecule has 0 radical (unpaired) electrons. The number of hydrogen-bond acceptors (Lipinski definition) is 2. The molecule has 3 nitrogen and oxygen atoms in total. The summed E-state index contributed by atoms with van der Waals surface area (Å²) in [5.74, 6) is 0. The molecule has 1 aromatic heterocycles. The third-order valence-electron chi connectivity index (χ3n) is 3.17. The number of aromatic nitrogens is 2. The van der Waals surface area contributed by atoms with Gasteiger partial charge in [0, 0.05) is 11.7 Å². The molecule has 0 saturated carbocycles. The van der Waals surface area contributed by atoms with Gasteiger partial charge in [-0.1, -0.05) is 25.5 Å². The molecule has 0 spiro atoms. The van der Waals surface area contributed by atoms with E-state index in [0.717, 1.165) is 17.8 Å². The number of imidazole rings is 1. The van der Waals surface area contributed by atoms with E-state index in [0.29, 0.717) is 0 Å². The van der Waals surface area contributed by atoms with Gasteiger partial charge >= 0.3 is 0 Å². The van der Waals surface area contributed by atoms with Gasteiger partial charge in [0.25, 0.3) is 0 Å². The summed E-state index contributed by atoms with van der Waals surface area (Å²) in [7, 11) is 0. The van der Waals surface area contributed by atoms with Crippen LogP contribution in [0.25, 0.3) is 5.69 Å². The van der Waals surface area contributed by atoms with Crippen LogP contribution in [0.2, 0.25) is 0 Å². The van der Waals surface area contributed by atoms with Crippen molar-refractivity contribution in [2.75, 3.05) is 0 Å². The van der Waals surface area contributed by atoms with Crippen molar-refractivity contribution in [3.8, 4) is 5.69 Å². The van der Waals surface area contributed by atoms with E-state index in [4.69, 9.17) is 5.73 Å². The maximum absolute atomic E-state index is 5.93. The molecule has 0 saturated heterocycles. The minimum atomic E-state index is -0.00716. The van der Waals surface area contributed by atoms with Crippen LogP contribution in [0.15, 0.2) is 36.8 Å². The Labute approximate surface area is 109 Å². The van der Waals surface area contributed by atoms with Gasteiger partial charge in [0.1, 0.15) is 0 Å². The summed E-state index contributed by atoms with van der Waals surface area (Å²) < 4.78 is 2.05. The fourth-order valence-corrected chi connectivity index (χ4v) is 2.06. The normalized spacial score (nSPS) is 12.6. The highest BCUT2D eigenvalue weighted by molar-refractivity contribution is 5.36. The Morgan fingerprint density at radius 2 is 2.00 bits per heavy atom. The summed E-state index contributed by atoms with van der Waals surface area (Å²) in [6.07, 6.45) is 7.28. The summed E-state index contributed by atoms with van der Waals surface area (Å²) in [5.41, 5.74) is 9.49. The molecule has 0 amide bonds. The molecule has 96 valence electrons. The van der Waals surface area contributed by atoms with Gasteiger partial charge in [-0.15, -0.1) is 0 Å². The highest BCUT2D eigenvalue weighted by Gasteiger charge is 2.07. The lowest BCUT2D eigenvalue weighted by Gasteiger charge is -2.11. The summed E-state index contributed by atoms with van der Waals surface area (Å²) >= 11 is 0. The first-order valence-corrected chi connectivity index (χ1v) is 6.59. The second-order valence-corrected chi connectivity index (χ2v) is 4.75. The maximum atomic E-state index is 5.93. The van der Waals surface area contributed by atoms with Crippen molar-refractivity contribution in [1.29, 1.82) is 0 Å². The largest absolute Gasteiger partial charge is 0.323 e. The van der Waals surface area contributed by atoms with E-state index in [1.54, 1.807) is 0 Å². The molecule has 0 aliphatic carbocycles. The maximum Gasteiger partial charge on any atom is 0.0994 e. The Morgan fingerprint density at radius 3 is 2.61 bits per heavy atom. The van der Waals surface area contributed by atoms with E-state index in [1.165, 1.54) is 18.4 Å². The van der Waals surface area contributed by atoms with Gasteiger partial charge in [-0.3, -0.25) is 0 Å². The van der Waals surface area contributed by atoms with Crippen LogP contribution in [0, 0.1) is 0 Å². The lowest BCUT2D eigenvalue weighted by molar-refractivity contribution is 0.752. The summed E-state index contributed by atoms with van der Waals surface area (Å²) in [6.45, 7) is 4.19. The van der Waals surface area contributed by atoms with Gasteiger partial charge in [0.05, 0.1) is 18.2 Å². The molecule has 3 heteroatoms. The Kier molecular flexibility index (Phi) is 4.15. The quantitative estimate of drug-likeness (QED) is 0.876. The number of hydrogen-bond donors (Lipinski definition) is 1. The zero-order chi connectivity index (χ0) is 13.0. The van der Waals surface area contributed by atoms with Crippen molar-refractivity contribution in [3.63, 3.8) is 0 Å². The van der Waals surface area contributed by atoms with E-state index in [1.807, 2.05) is 24.0 Å². The minimum absolute atomic E-state index is 0.00716. The molecule has 18 heavy (non-hydrogen) atoms. The molecule has 0 aliphatic rings. The third-order valence-corrected chi connectivity index (χ3v) is 3.17. The van der Waals surface area contributed by atoms with E-state index < -0.39 is 0 Å². The summed E-state index contributed by atoms with van der Waals surface area (Å²) in [6, 6.07) is 8.65. The zero-order valence-electron chi connectivity index (χ0n) is 11.1. The van der Waals surface area contributed by atoms with Crippen molar-refractivity contribution in [1.82, 2.24) is 9.55 Å². The Hall–Kier alpha value is -1.61. The molecule has 2 rings (SSSR count). The molecule has 0 fully saturated rings. The van der Waals surface area contributed by atoms with Crippen LogP contribution in [-0.2, 0) is 6.42 Å². The average Bonchev–Trinajstić information content (AvgIpc) is 2.86. The Balaban J connectivity index is 2.21. The average molecular weight is 243 g/mol. The highest BCUT2D eigenvalue weighted by Crippen LogP contribution is 2.17. The number of nitrogens with zero attached hydrogens (tertiary/aromatic N) is 2. The predicted octanol–water partition coefficient (Wildman–Crippen LogP) is 3.23. The van der Waals surface area contributed by atoms with Crippen LogP contribution in [0.4, 0.5) is 0 Å². The number of aryl methyl sites for hydroxylation is 1. The van der Waals surface area contributed by atoms with Crippen LogP contribution in [0.1, 0.15) is 44.0 Å². The number of benzene rings is 1. The monoisotopic (exact) mass is 243 g/mol. The Morgan fingerprint density at radius 1 is 1.28 bits per heavy atom. The van der Waals surface area contributed by atoms with Gasteiger partial charge in [0.15, 0.2) is 0 Å². The van der Waals surface area contributed by atoms with Crippen LogP contribution in [0.3, 0.4) is 0 Å². The molecule has 2 N–H and O–H groups in total. The van der Waals surface area contributed by atoms with Gasteiger partial charge in [-0.05, 0) is 37.5 Å². The third kappa shape index (κ3) is 2.79. The first-order chi connectivity index (χ1) is 8.72. The van der Waals surface area contributed by atoms with Gasteiger partial charge in [0.2, 0.25) is 0 Å². The van der Waals surface area contributed by atoms with Crippen LogP contribution >= 0.6 is 0 Å². The molecule has 1 aromatic carbocycles. The van der Waals surface area contributed by atoms with E-state index in [-0.39, 0.29) is 6.04 Å². The lowest BCUT2D eigenvalue weighted by atomic mass is 10.1. The smallest absolute Gasteiger partial charge is 0.0994 e. The minimum Gasteiger partial charge on any atom is -0.323 e. The van der Waals surface area contributed by atoms with Gasteiger partial charge in [-0.25, -0.2) is 4.98 Å². The molecular weight excluding hydrogens is 222 g/mol. The van der Waals surface area contributed by atoms with Crippen LogP contribution in [0.5, 0.6) is 0 Å². The fraction of sp³-hybridized carbons (Fsp3) is 0.400. The number of unbranched alkanes of at least 4 members (excludes halogenated alkanes) is 1. The molecule has 1 atom stereocenters. The molecule has 2 aromatic rings. The van der Waals surface area contributed by atoms with E-state index in [9.17, 15) is 0 Å². The van der Waals surface area contributed by atoms with Crippen LogP contribution in [-0.4, -0.2) is 9.55 Å². The molecular formula is C15H21N3. The molecule has 0 unspecified atom stereocenters. The summed E-state index contributed by atoms with van der Waals surface area (Å²) in [4.78, 5) is 4.17. The van der Waals surface area contributed by atoms with E-state index in [2.05, 4.69) is 36.2 Å². The number of nitrogens with two attached hydrogens (primary N) is 1. The SMILES string of the molecule is CCCCc1ccc(-n2cncc2[C@@H](C)N)cc1. The zero-order valence-corrected chi connectivity index (χ0v) is 11.1. The van der Waals surface area contributed by atoms with Gasteiger partial charge in [-0.2, -0.15) is 0 Å². The lowest BCUT2D eigenvalue weighted by Crippen LogP contribution is -2.10. The second kappa shape index (κ2) is 5.83. The molecule has 1 heterocycles.